The van der Waals surface area contributed by atoms with Gasteiger partial charge in [0.2, 0.25) is 5.91 Å². The van der Waals surface area contributed by atoms with Crippen LogP contribution in [-0.2, 0) is 10.5 Å². The molecule has 4 nitrogen and oxygen atoms in total. The first-order valence-corrected chi connectivity index (χ1v) is 8.12. The molecule has 2 rings (SSSR count). The fourth-order valence-electron chi connectivity index (χ4n) is 1.64. The molecule has 1 saturated carbocycles. The smallest absolute Gasteiger partial charge is 0.230 e. The minimum absolute atomic E-state index is 0.00773. The first kappa shape index (κ1) is 13.8. The van der Waals surface area contributed by atoms with Gasteiger partial charge in [0.15, 0.2) is 0 Å². The molecule has 18 heavy (non-hydrogen) atoms. The molecule has 1 aliphatic carbocycles. The fourth-order valence-corrected chi connectivity index (χ4v) is 3.10. The van der Waals surface area contributed by atoms with Gasteiger partial charge in [0, 0.05) is 17.7 Å². The van der Waals surface area contributed by atoms with Gasteiger partial charge < -0.3 is 10.4 Å². The lowest BCUT2D eigenvalue weighted by Crippen LogP contribution is -2.34. The number of rotatable bonds is 7. The molecule has 0 aliphatic heterocycles. The van der Waals surface area contributed by atoms with Crippen LogP contribution in [0.25, 0.3) is 0 Å². The maximum atomic E-state index is 11.5. The molecule has 1 heterocycles. The second-order valence-corrected chi connectivity index (χ2v) is 6.61. The Kier molecular flexibility index (Phi) is 5.03. The van der Waals surface area contributed by atoms with Crippen LogP contribution in [0.15, 0.2) is 5.38 Å². The van der Waals surface area contributed by atoms with Crippen molar-refractivity contribution in [2.75, 3.05) is 12.3 Å². The van der Waals surface area contributed by atoms with Crippen molar-refractivity contribution < 1.29 is 9.90 Å². The number of aromatic nitrogens is 1. The molecule has 0 saturated heterocycles. The van der Waals surface area contributed by atoms with Crippen LogP contribution in [0.1, 0.15) is 23.5 Å². The number of aliphatic hydroxyl groups excluding tert-OH is 1. The molecular formula is C12H18N2O2S2. The molecule has 0 radical (unpaired) electrons. The topological polar surface area (TPSA) is 62.2 Å². The van der Waals surface area contributed by atoms with E-state index < -0.39 is 0 Å². The van der Waals surface area contributed by atoms with Crippen molar-refractivity contribution in [1.29, 1.82) is 0 Å². The summed E-state index contributed by atoms with van der Waals surface area (Å²) in [5.41, 5.74) is 1.04. The maximum Gasteiger partial charge on any atom is 0.230 e. The molecule has 1 atom stereocenters. The molecule has 0 aromatic carbocycles. The molecule has 1 amide bonds. The molecule has 1 aromatic rings. The van der Waals surface area contributed by atoms with E-state index in [1.807, 2.05) is 12.3 Å². The number of nitrogens with one attached hydrogen (secondary N) is 1. The van der Waals surface area contributed by atoms with E-state index >= 15 is 0 Å². The van der Waals surface area contributed by atoms with Crippen LogP contribution >= 0.6 is 23.1 Å². The van der Waals surface area contributed by atoms with Gasteiger partial charge in [-0.1, -0.05) is 0 Å². The number of hydrogen-bond donors (Lipinski definition) is 2. The molecule has 0 spiro atoms. The lowest BCUT2D eigenvalue weighted by Gasteiger charge is -2.10. The number of nitrogens with zero attached hydrogens (tertiary/aromatic N) is 1. The van der Waals surface area contributed by atoms with Crippen molar-refractivity contribution in [2.24, 2.45) is 5.92 Å². The zero-order valence-electron chi connectivity index (χ0n) is 10.4. The maximum absolute atomic E-state index is 11.5. The van der Waals surface area contributed by atoms with Gasteiger partial charge in [-0.3, -0.25) is 4.79 Å². The molecule has 0 bridgehead atoms. The highest BCUT2D eigenvalue weighted by Gasteiger charge is 2.29. The first-order chi connectivity index (χ1) is 8.65. The summed E-state index contributed by atoms with van der Waals surface area (Å²) in [6, 6.07) is 0. The number of thiazole rings is 1. The molecular weight excluding hydrogens is 268 g/mol. The van der Waals surface area contributed by atoms with Crippen molar-refractivity contribution >= 4 is 29.0 Å². The van der Waals surface area contributed by atoms with Crippen molar-refractivity contribution in [3.63, 3.8) is 0 Å². The number of aryl methyl sites for hydroxylation is 1. The standard InChI is InChI=1S/C12H18N2O2S2/c1-8-14-10(6-18-8)5-17-7-12(16)13-4-11(15)9-2-3-9/h6,9,11,15H,2-5,7H2,1H3,(H,13,16). The van der Waals surface area contributed by atoms with Crippen molar-refractivity contribution in [2.45, 2.75) is 31.6 Å². The SMILES string of the molecule is Cc1nc(CSCC(=O)NCC(O)C2CC2)cs1. The Morgan fingerprint density at radius 3 is 3.11 bits per heavy atom. The largest absolute Gasteiger partial charge is 0.391 e. The number of carbonyl (C=O) groups excluding carboxylic acids is 1. The third-order valence-electron chi connectivity index (χ3n) is 2.82. The van der Waals surface area contributed by atoms with Crippen molar-refractivity contribution in [1.82, 2.24) is 10.3 Å². The molecule has 100 valence electrons. The summed E-state index contributed by atoms with van der Waals surface area (Å²) in [5, 5.41) is 15.5. The highest BCUT2D eigenvalue weighted by atomic mass is 32.2. The van der Waals surface area contributed by atoms with E-state index in [-0.39, 0.29) is 12.0 Å². The van der Waals surface area contributed by atoms with E-state index in [0.29, 0.717) is 18.2 Å². The van der Waals surface area contributed by atoms with Crippen LogP contribution in [0.2, 0.25) is 0 Å². The summed E-state index contributed by atoms with van der Waals surface area (Å²) in [5.74, 6) is 1.60. The number of amides is 1. The average Bonchev–Trinajstić information content (AvgIpc) is 3.11. The Hall–Kier alpha value is -0.590. The Labute approximate surface area is 115 Å². The van der Waals surface area contributed by atoms with E-state index in [4.69, 9.17) is 0 Å². The summed E-state index contributed by atoms with van der Waals surface area (Å²) in [4.78, 5) is 15.9. The molecule has 1 aliphatic rings. The monoisotopic (exact) mass is 286 g/mol. The highest BCUT2D eigenvalue weighted by molar-refractivity contribution is 7.99. The van der Waals surface area contributed by atoms with E-state index in [0.717, 1.165) is 29.3 Å². The second-order valence-electron chi connectivity index (χ2n) is 4.56. The van der Waals surface area contributed by atoms with Gasteiger partial charge in [-0.15, -0.1) is 23.1 Å². The van der Waals surface area contributed by atoms with Crippen LogP contribution in [0.4, 0.5) is 0 Å². The van der Waals surface area contributed by atoms with E-state index in [1.54, 1.807) is 23.1 Å². The van der Waals surface area contributed by atoms with Crippen LogP contribution in [0, 0.1) is 12.8 Å². The van der Waals surface area contributed by atoms with Gasteiger partial charge in [-0.25, -0.2) is 4.98 Å². The van der Waals surface area contributed by atoms with Crippen molar-refractivity contribution in [3.05, 3.63) is 16.1 Å². The summed E-state index contributed by atoms with van der Waals surface area (Å²) >= 11 is 3.18. The Morgan fingerprint density at radius 2 is 2.50 bits per heavy atom. The number of aliphatic hydroxyl groups is 1. The lowest BCUT2D eigenvalue weighted by atomic mass is 10.2. The fraction of sp³-hybridized carbons (Fsp3) is 0.667. The van der Waals surface area contributed by atoms with Gasteiger partial charge in [0.25, 0.3) is 0 Å². The van der Waals surface area contributed by atoms with Crippen molar-refractivity contribution in [3.8, 4) is 0 Å². The highest BCUT2D eigenvalue weighted by Crippen LogP contribution is 2.32. The van der Waals surface area contributed by atoms with E-state index in [9.17, 15) is 9.90 Å². The summed E-state index contributed by atoms with van der Waals surface area (Å²) in [6.45, 7) is 2.37. The number of hydrogen-bond acceptors (Lipinski definition) is 5. The zero-order chi connectivity index (χ0) is 13.0. The van der Waals surface area contributed by atoms with Gasteiger partial charge in [0.1, 0.15) is 0 Å². The first-order valence-electron chi connectivity index (χ1n) is 6.08. The van der Waals surface area contributed by atoms with Gasteiger partial charge in [-0.2, -0.15) is 0 Å². The van der Waals surface area contributed by atoms with Gasteiger partial charge in [-0.05, 0) is 25.7 Å². The van der Waals surface area contributed by atoms with Crippen LogP contribution in [0.5, 0.6) is 0 Å². The minimum Gasteiger partial charge on any atom is -0.391 e. The molecule has 1 aromatic heterocycles. The quantitative estimate of drug-likeness (QED) is 0.799. The predicted octanol–water partition coefficient (Wildman–Crippen LogP) is 1.57. The summed E-state index contributed by atoms with van der Waals surface area (Å²) in [7, 11) is 0. The number of carbonyl (C=O) groups is 1. The summed E-state index contributed by atoms with van der Waals surface area (Å²) < 4.78 is 0. The molecule has 6 heteroatoms. The zero-order valence-corrected chi connectivity index (χ0v) is 12.0. The van der Waals surface area contributed by atoms with E-state index in [1.165, 1.54) is 0 Å². The number of thioether (sulfide) groups is 1. The van der Waals surface area contributed by atoms with Crippen LogP contribution in [-0.4, -0.2) is 34.4 Å². The Balaban J connectivity index is 1.56. The summed E-state index contributed by atoms with van der Waals surface area (Å²) in [6.07, 6.45) is 1.82. The molecule has 1 unspecified atom stereocenters. The lowest BCUT2D eigenvalue weighted by molar-refractivity contribution is -0.119. The predicted molar refractivity (Wildman–Crippen MR) is 74.8 cm³/mol. The average molecular weight is 286 g/mol. The van der Waals surface area contributed by atoms with Crippen LogP contribution in [0.3, 0.4) is 0 Å². The Bertz CT molecular complexity index is 405. The van der Waals surface area contributed by atoms with E-state index in [2.05, 4.69) is 10.3 Å². The minimum atomic E-state index is -0.361. The molecule has 2 N–H and O–H groups in total. The third kappa shape index (κ3) is 4.59. The molecule has 1 fully saturated rings. The Morgan fingerprint density at radius 1 is 1.72 bits per heavy atom. The third-order valence-corrected chi connectivity index (χ3v) is 4.61. The van der Waals surface area contributed by atoms with Gasteiger partial charge in [0.05, 0.1) is 22.6 Å². The normalized spacial score (nSPS) is 16.6. The van der Waals surface area contributed by atoms with Crippen LogP contribution < -0.4 is 5.32 Å². The van der Waals surface area contributed by atoms with Gasteiger partial charge >= 0.3 is 0 Å². The second kappa shape index (κ2) is 6.54.